The number of hydrogen-bond acceptors (Lipinski definition) is 3. The number of esters is 1. The van der Waals surface area contributed by atoms with Gasteiger partial charge in [0.15, 0.2) is 0 Å². The summed E-state index contributed by atoms with van der Waals surface area (Å²) in [6.45, 7) is 5.55. The van der Waals surface area contributed by atoms with E-state index in [1.807, 2.05) is 0 Å². The summed E-state index contributed by atoms with van der Waals surface area (Å²) in [4.78, 5) is 11.7. The number of piperidine rings is 1. The van der Waals surface area contributed by atoms with Crippen LogP contribution in [0.2, 0.25) is 0 Å². The highest BCUT2D eigenvalue weighted by atomic mass is 16.5. The number of ether oxygens (including phenoxy) is 1. The van der Waals surface area contributed by atoms with Gasteiger partial charge >= 0.3 is 5.97 Å². The summed E-state index contributed by atoms with van der Waals surface area (Å²) in [6.07, 6.45) is 15.7. The maximum atomic E-state index is 11.7. The molecule has 1 saturated heterocycles. The number of nitrogens with one attached hydrogen (secondary N) is 1. The van der Waals surface area contributed by atoms with Crippen molar-refractivity contribution >= 4 is 5.97 Å². The van der Waals surface area contributed by atoms with Gasteiger partial charge in [-0.15, -0.1) is 0 Å². The number of unbranched alkanes of at least 4 members (excludes halogenated alkanes) is 8. The average molecular weight is 312 g/mol. The second kappa shape index (κ2) is 11.0. The third-order valence-corrected chi connectivity index (χ3v) is 5.19. The van der Waals surface area contributed by atoms with Crippen LogP contribution in [0, 0.1) is 5.41 Å². The van der Waals surface area contributed by atoms with Gasteiger partial charge in [0.25, 0.3) is 0 Å². The third kappa shape index (κ3) is 7.62. The van der Waals surface area contributed by atoms with Crippen molar-refractivity contribution in [3.8, 4) is 0 Å². The molecule has 0 radical (unpaired) electrons. The molecule has 22 heavy (non-hydrogen) atoms. The van der Waals surface area contributed by atoms with E-state index in [0.29, 0.717) is 5.41 Å². The van der Waals surface area contributed by atoms with Crippen molar-refractivity contribution in [1.29, 1.82) is 0 Å². The van der Waals surface area contributed by atoms with Crippen LogP contribution < -0.4 is 5.32 Å². The Morgan fingerprint density at radius 3 is 2.27 bits per heavy atom. The summed E-state index contributed by atoms with van der Waals surface area (Å²) in [6, 6.07) is -0.0951. The molecule has 1 N–H and O–H groups in total. The van der Waals surface area contributed by atoms with Crippen LogP contribution in [0.3, 0.4) is 0 Å². The Morgan fingerprint density at radius 1 is 1.09 bits per heavy atom. The van der Waals surface area contributed by atoms with Gasteiger partial charge in [0, 0.05) is 0 Å². The Bertz CT molecular complexity index is 306. The van der Waals surface area contributed by atoms with E-state index in [1.54, 1.807) is 0 Å². The Kier molecular flexibility index (Phi) is 9.77. The molecule has 130 valence electrons. The maximum absolute atomic E-state index is 11.7. The van der Waals surface area contributed by atoms with Crippen LogP contribution >= 0.6 is 0 Å². The first-order valence-corrected chi connectivity index (χ1v) is 9.42. The van der Waals surface area contributed by atoms with Gasteiger partial charge < -0.3 is 10.1 Å². The molecule has 3 heteroatoms. The summed E-state index contributed by atoms with van der Waals surface area (Å²) >= 11 is 0. The van der Waals surface area contributed by atoms with E-state index >= 15 is 0 Å². The molecule has 0 spiro atoms. The third-order valence-electron chi connectivity index (χ3n) is 5.19. The minimum absolute atomic E-state index is 0.0951. The van der Waals surface area contributed by atoms with Gasteiger partial charge in [-0.05, 0) is 31.2 Å². The van der Waals surface area contributed by atoms with Gasteiger partial charge in [0.1, 0.15) is 6.04 Å². The van der Waals surface area contributed by atoms with Crippen LogP contribution in [0.5, 0.6) is 0 Å². The van der Waals surface area contributed by atoms with E-state index in [4.69, 9.17) is 4.74 Å². The molecule has 2 atom stereocenters. The lowest BCUT2D eigenvalue weighted by Gasteiger charge is -2.38. The standard InChI is InChI=1S/C19H37NO2/c1-4-5-6-7-8-9-10-11-12-13-19(2)14-15-20-17(16-19)18(21)22-3/h17,20H,4-16H2,1-3H3. The first kappa shape index (κ1) is 19.5. The number of carbonyl (C=O) groups is 1. The lowest BCUT2D eigenvalue weighted by atomic mass is 9.74. The molecule has 1 aliphatic heterocycles. The van der Waals surface area contributed by atoms with Crippen molar-refractivity contribution in [2.24, 2.45) is 5.41 Å². The molecule has 0 aliphatic carbocycles. The van der Waals surface area contributed by atoms with Gasteiger partial charge in [0.2, 0.25) is 0 Å². The highest BCUT2D eigenvalue weighted by molar-refractivity contribution is 5.75. The van der Waals surface area contributed by atoms with Gasteiger partial charge in [-0.25, -0.2) is 0 Å². The first-order chi connectivity index (χ1) is 10.6. The lowest BCUT2D eigenvalue weighted by Crippen LogP contribution is -2.47. The predicted molar refractivity (Wildman–Crippen MR) is 93.0 cm³/mol. The Balaban J connectivity index is 2.09. The molecule has 1 fully saturated rings. The van der Waals surface area contributed by atoms with Crippen molar-refractivity contribution in [3.63, 3.8) is 0 Å². The fraction of sp³-hybridized carbons (Fsp3) is 0.947. The Morgan fingerprint density at radius 2 is 1.68 bits per heavy atom. The van der Waals surface area contributed by atoms with Crippen molar-refractivity contribution in [3.05, 3.63) is 0 Å². The highest BCUT2D eigenvalue weighted by Crippen LogP contribution is 2.36. The van der Waals surface area contributed by atoms with Gasteiger partial charge in [0.05, 0.1) is 7.11 Å². The number of rotatable bonds is 11. The van der Waals surface area contributed by atoms with E-state index < -0.39 is 0 Å². The monoisotopic (exact) mass is 311 g/mol. The van der Waals surface area contributed by atoms with Crippen LogP contribution in [0.4, 0.5) is 0 Å². The van der Waals surface area contributed by atoms with Gasteiger partial charge in [-0.1, -0.05) is 71.6 Å². The fourth-order valence-electron chi connectivity index (χ4n) is 3.61. The number of carbonyl (C=O) groups excluding carboxylic acids is 1. The minimum atomic E-state index is -0.0991. The highest BCUT2D eigenvalue weighted by Gasteiger charge is 2.35. The molecule has 3 nitrogen and oxygen atoms in total. The topological polar surface area (TPSA) is 38.3 Å². The van der Waals surface area contributed by atoms with E-state index in [1.165, 1.54) is 77.7 Å². The normalized spacial score (nSPS) is 25.1. The summed E-state index contributed by atoms with van der Waals surface area (Å²) in [5.41, 5.74) is 0.311. The summed E-state index contributed by atoms with van der Waals surface area (Å²) in [5.74, 6) is -0.0991. The molecular formula is C19H37NO2. The average Bonchev–Trinajstić information content (AvgIpc) is 2.52. The molecule has 0 amide bonds. The van der Waals surface area contributed by atoms with Crippen molar-refractivity contribution in [2.45, 2.75) is 96.9 Å². The fourth-order valence-corrected chi connectivity index (χ4v) is 3.61. The molecule has 0 bridgehead atoms. The van der Waals surface area contributed by atoms with Gasteiger partial charge in [-0.3, -0.25) is 4.79 Å². The van der Waals surface area contributed by atoms with Crippen LogP contribution in [0.25, 0.3) is 0 Å². The van der Waals surface area contributed by atoms with Crippen molar-refractivity contribution in [1.82, 2.24) is 5.32 Å². The lowest BCUT2D eigenvalue weighted by molar-refractivity contribution is -0.145. The zero-order valence-corrected chi connectivity index (χ0v) is 15.1. The van der Waals surface area contributed by atoms with Crippen LogP contribution in [0.15, 0.2) is 0 Å². The molecule has 1 aliphatic rings. The molecule has 1 rings (SSSR count). The SMILES string of the molecule is CCCCCCCCCCCC1(C)CCNC(C(=O)OC)C1. The minimum Gasteiger partial charge on any atom is -0.468 e. The number of methoxy groups -OCH3 is 1. The van der Waals surface area contributed by atoms with Gasteiger partial charge in [-0.2, -0.15) is 0 Å². The largest absolute Gasteiger partial charge is 0.468 e. The molecule has 0 aromatic rings. The molecule has 1 heterocycles. The summed E-state index contributed by atoms with van der Waals surface area (Å²) in [5, 5.41) is 3.29. The van der Waals surface area contributed by atoms with E-state index in [2.05, 4.69) is 19.2 Å². The molecule has 0 aromatic carbocycles. The second-order valence-electron chi connectivity index (χ2n) is 7.37. The maximum Gasteiger partial charge on any atom is 0.322 e. The summed E-state index contributed by atoms with van der Waals surface area (Å²) < 4.78 is 4.88. The smallest absolute Gasteiger partial charge is 0.322 e. The molecule has 2 unspecified atom stereocenters. The van der Waals surface area contributed by atoms with E-state index in [0.717, 1.165) is 13.0 Å². The summed E-state index contributed by atoms with van der Waals surface area (Å²) in [7, 11) is 1.48. The Hall–Kier alpha value is -0.570. The molecule has 0 aromatic heterocycles. The zero-order chi connectivity index (χ0) is 16.3. The first-order valence-electron chi connectivity index (χ1n) is 9.42. The molecular weight excluding hydrogens is 274 g/mol. The van der Waals surface area contributed by atoms with Crippen molar-refractivity contribution < 1.29 is 9.53 Å². The van der Waals surface area contributed by atoms with Crippen LogP contribution in [0.1, 0.15) is 90.9 Å². The quantitative estimate of drug-likeness (QED) is 0.438. The molecule has 0 saturated carbocycles. The van der Waals surface area contributed by atoms with E-state index in [9.17, 15) is 4.79 Å². The van der Waals surface area contributed by atoms with Crippen molar-refractivity contribution in [2.75, 3.05) is 13.7 Å². The van der Waals surface area contributed by atoms with Crippen LogP contribution in [-0.2, 0) is 9.53 Å². The van der Waals surface area contributed by atoms with E-state index in [-0.39, 0.29) is 12.0 Å². The zero-order valence-electron chi connectivity index (χ0n) is 15.1. The number of hydrogen-bond donors (Lipinski definition) is 1. The second-order valence-corrected chi connectivity index (χ2v) is 7.37. The van der Waals surface area contributed by atoms with Crippen LogP contribution in [-0.4, -0.2) is 25.7 Å². The Labute approximate surface area is 137 Å². The predicted octanol–water partition coefficient (Wildman–Crippen LogP) is 4.84.